The summed E-state index contributed by atoms with van der Waals surface area (Å²) in [5, 5.41) is 4.44. The van der Waals surface area contributed by atoms with Crippen LogP contribution in [0.5, 0.6) is 0 Å². The summed E-state index contributed by atoms with van der Waals surface area (Å²) < 4.78 is 2.21. The van der Waals surface area contributed by atoms with Crippen LogP contribution in [0.15, 0.2) is 36.7 Å². The number of nitrogens with one attached hydrogen (secondary N) is 1. The van der Waals surface area contributed by atoms with E-state index < -0.39 is 0 Å². The molecule has 3 heteroatoms. The zero-order chi connectivity index (χ0) is 15.2. The molecule has 114 valence electrons. The van der Waals surface area contributed by atoms with Gasteiger partial charge in [-0.2, -0.15) is 0 Å². The minimum absolute atomic E-state index is 0.444. The lowest BCUT2D eigenvalue weighted by molar-refractivity contribution is 0.517. The van der Waals surface area contributed by atoms with Gasteiger partial charge in [0.15, 0.2) is 0 Å². The van der Waals surface area contributed by atoms with Gasteiger partial charge in [0.05, 0.1) is 0 Å². The van der Waals surface area contributed by atoms with Crippen LogP contribution in [0.25, 0.3) is 0 Å². The van der Waals surface area contributed by atoms with Gasteiger partial charge in [-0.15, -0.1) is 0 Å². The van der Waals surface area contributed by atoms with Crippen molar-refractivity contribution in [3.8, 4) is 0 Å². The van der Waals surface area contributed by atoms with E-state index in [-0.39, 0.29) is 0 Å². The molecular weight excluding hydrogens is 280 g/mol. The van der Waals surface area contributed by atoms with E-state index in [4.69, 9.17) is 11.6 Å². The maximum Gasteiger partial charge on any atom is 0.0485 e. The molecule has 1 aromatic heterocycles. The zero-order valence-corrected chi connectivity index (χ0v) is 14.0. The summed E-state index contributed by atoms with van der Waals surface area (Å²) >= 11 is 6.32. The minimum atomic E-state index is 0.444. The highest BCUT2D eigenvalue weighted by Gasteiger charge is 2.10. The first-order valence-electron chi connectivity index (χ1n) is 7.78. The summed E-state index contributed by atoms with van der Waals surface area (Å²) in [6, 6.07) is 8.91. The van der Waals surface area contributed by atoms with E-state index in [0.717, 1.165) is 31.0 Å². The van der Waals surface area contributed by atoms with E-state index in [0.29, 0.717) is 6.04 Å². The molecule has 1 heterocycles. The van der Waals surface area contributed by atoms with Crippen molar-refractivity contribution in [1.29, 1.82) is 0 Å². The molecule has 1 unspecified atom stereocenters. The number of benzene rings is 1. The van der Waals surface area contributed by atoms with Crippen LogP contribution in [-0.2, 0) is 6.54 Å². The van der Waals surface area contributed by atoms with Crippen molar-refractivity contribution >= 4 is 11.6 Å². The molecule has 0 aliphatic rings. The summed E-state index contributed by atoms with van der Waals surface area (Å²) in [5.74, 6) is 0. The molecule has 0 radical (unpaired) electrons. The SMILES string of the molecule is CCCNC(CC)c1ccn(Cc2ccc(C)cc2Cl)c1. The second-order valence-electron chi connectivity index (χ2n) is 5.63. The second kappa shape index (κ2) is 7.67. The summed E-state index contributed by atoms with van der Waals surface area (Å²) in [7, 11) is 0. The third-order valence-electron chi connectivity index (χ3n) is 3.79. The van der Waals surface area contributed by atoms with Crippen molar-refractivity contribution < 1.29 is 0 Å². The number of aryl methyl sites for hydroxylation is 1. The van der Waals surface area contributed by atoms with Crippen molar-refractivity contribution in [1.82, 2.24) is 9.88 Å². The number of nitrogens with zero attached hydrogens (tertiary/aromatic N) is 1. The molecule has 1 aromatic carbocycles. The topological polar surface area (TPSA) is 17.0 Å². The summed E-state index contributed by atoms with van der Waals surface area (Å²) in [6.07, 6.45) is 6.64. The standard InChI is InChI=1S/C18H25ClN2/c1-4-9-20-18(5-2)16-8-10-21(13-16)12-15-7-6-14(3)11-17(15)19/h6-8,10-11,13,18,20H,4-5,9,12H2,1-3H3. The summed E-state index contributed by atoms with van der Waals surface area (Å²) in [4.78, 5) is 0. The van der Waals surface area contributed by atoms with Crippen LogP contribution in [0.3, 0.4) is 0 Å². The first-order valence-corrected chi connectivity index (χ1v) is 8.16. The van der Waals surface area contributed by atoms with Gasteiger partial charge < -0.3 is 9.88 Å². The molecule has 0 bridgehead atoms. The lowest BCUT2D eigenvalue weighted by atomic mass is 10.1. The third-order valence-corrected chi connectivity index (χ3v) is 4.14. The maximum absolute atomic E-state index is 6.32. The Bertz CT molecular complexity index is 574. The Kier molecular flexibility index (Phi) is 5.89. The van der Waals surface area contributed by atoms with Crippen LogP contribution >= 0.6 is 11.6 Å². The second-order valence-corrected chi connectivity index (χ2v) is 6.03. The Balaban J connectivity index is 2.08. The fourth-order valence-corrected chi connectivity index (χ4v) is 2.85. The third kappa shape index (κ3) is 4.36. The van der Waals surface area contributed by atoms with Crippen molar-refractivity contribution in [3.63, 3.8) is 0 Å². The lowest BCUT2D eigenvalue weighted by Crippen LogP contribution is -2.21. The van der Waals surface area contributed by atoms with Crippen LogP contribution in [0.2, 0.25) is 5.02 Å². The van der Waals surface area contributed by atoms with E-state index in [9.17, 15) is 0 Å². The van der Waals surface area contributed by atoms with Gasteiger partial charge in [0.25, 0.3) is 0 Å². The van der Waals surface area contributed by atoms with Gasteiger partial charge in [-0.1, -0.05) is 37.6 Å². The maximum atomic E-state index is 6.32. The predicted octanol–water partition coefficient (Wildman–Crippen LogP) is 4.95. The van der Waals surface area contributed by atoms with Gasteiger partial charge in [0.1, 0.15) is 0 Å². The molecule has 0 aliphatic heterocycles. The highest BCUT2D eigenvalue weighted by Crippen LogP contribution is 2.21. The Hall–Kier alpha value is -1.25. The van der Waals surface area contributed by atoms with Gasteiger partial charge in [-0.3, -0.25) is 0 Å². The average molecular weight is 305 g/mol. The molecule has 0 saturated carbocycles. The van der Waals surface area contributed by atoms with Gasteiger partial charge in [-0.05, 0) is 55.1 Å². The quantitative estimate of drug-likeness (QED) is 0.766. The molecule has 0 fully saturated rings. The van der Waals surface area contributed by atoms with Gasteiger partial charge in [0.2, 0.25) is 0 Å². The average Bonchev–Trinajstić information content (AvgIpc) is 2.91. The van der Waals surface area contributed by atoms with Gasteiger partial charge in [0, 0.05) is 30.0 Å². The van der Waals surface area contributed by atoms with E-state index in [1.165, 1.54) is 16.7 Å². The minimum Gasteiger partial charge on any atom is -0.350 e. The normalized spacial score (nSPS) is 12.6. The van der Waals surface area contributed by atoms with Crippen molar-refractivity contribution in [3.05, 3.63) is 58.4 Å². The fraction of sp³-hybridized carbons (Fsp3) is 0.444. The molecule has 21 heavy (non-hydrogen) atoms. The monoisotopic (exact) mass is 304 g/mol. The van der Waals surface area contributed by atoms with Crippen molar-refractivity contribution in [2.24, 2.45) is 0 Å². The van der Waals surface area contributed by atoms with E-state index in [1.807, 2.05) is 6.07 Å². The zero-order valence-electron chi connectivity index (χ0n) is 13.2. The smallest absolute Gasteiger partial charge is 0.0485 e. The van der Waals surface area contributed by atoms with E-state index >= 15 is 0 Å². The molecule has 1 N–H and O–H groups in total. The molecule has 0 aliphatic carbocycles. The number of hydrogen-bond donors (Lipinski definition) is 1. The molecule has 2 aromatic rings. The first-order chi connectivity index (χ1) is 10.1. The van der Waals surface area contributed by atoms with Crippen LogP contribution in [0.4, 0.5) is 0 Å². The largest absolute Gasteiger partial charge is 0.350 e. The number of rotatable bonds is 7. The fourth-order valence-electron chi connectivity index (χ4n) is 2.56. The molecule has 0 amide bonds. The Morgan fingerprint density at radius 1 is 1.24 bits per heavy atom. The number of hydrogen-bond acceptors (Lipinski definition) is 1. The summed E-state index contributed by atoms with van der Waals surface area (Å²) in [6.45, 7) is 8.37. The van der Waals surface area contributed by atoms with Crippen LogP contribution in [0.1, 0.15) is 49.4 Å². The Morgan fingerprint density at radius 2 is 2.05 bits per heavy atom. The van der Waals surface area contributed by atoms with Crippen LogP contribution in [-0.4, -0.2) is 11.1 Å². The van der Waals surface area contributed by atoms with Crippen molar-refractivity contribution in [2.45, 2.75) is 46.2 Å². The van der Waals surface area contributed by atoms with Gasteiger partial charge in [-0.25, -0.2) is 0 Å². The lowest BCUT2D eigenvalue weighted by Gasteiger charge is -2.15. The molecule has 0 saturated heterocycles. The van der Waals surface area contributed by atoms with Crippen LogP contribution in [0, 0.1) is 6.92 Å². The van der Waals surface area contributed by atoms with Crippen molar-refractivity contribution in [2.75, 3.05) is 6.54 Å². The molecule has 1 atom stereocenters. The number of halogens is 1. The van der Waals surface area contributed by atoms with E-state index in [2.05, 4.69) is 61.2 Å². The molecule has 2 rings (SSSR count). The van der Waals surface area contributed by atoms with Crippen LogP contribution < -0.4 is 5.32 Å². The molecule has 0 spiro atoms. The Morgan fingerprint density at radius 3 is 2.71 bits per heavy atom. The van der Waals surface area contributed by atoms with Gasteiger partial charge >= 0.3 is 0 Å². The first kappa shape index (κ1) is 16.1. The molecular formula is C18H25ClN2. The highest BCUT2D eigenvalue weighted by molar-refractivity contribution is 6.31. The molecule has 2 nitrogen and oxygen atoms in total. The summed E-state index contributed by atoms with van der Waals surface area (Å²) in [5.41, 5.74) is 3.72. The Labute approximate surface area is 133 Å². The highest BCUT2D eigenvalue weighted by atomic mass is 35.5. The predicted molar refractivity (Wildman–Crippen MR) is 91.0 cm³/mol. The van der Waals surface area contributed by atoms with E-state index in [1.54, 1.807) is 0 Å². The number of aromatic nitrogens is 1.